The van der Waals surface area contributed by atoms with Crippen LogP contribution in [-0.4, -0.2) is 12.5 Å². The van der Waals surface area contributed by atoms with Crippen LogP contribution in [-0.2, 0) is 22.7 Å². The van der Waals surface area contributed by atoms with Gasteiger partial charge in [-0.2, -0.15) is 0 Å². The summed E-state index contributed by atoms with van der Waals surface area (Å²) in [5, 5.41) is 2.82. The molecule has 0 unspecified atom stereocenters. The molecule has 1 amide bonds. The van der Waals surface area contributed by atoms with E-state index in [1.54, 1.807) is 18.4 Å². The summed E-state index contributed by atoms with van der Waals surface area (Å²) in [5.41, 5.74) is 1.66. The van der Waals surface area contributed by atoms with Crippen molar-refractivity contribution in [2.45, 2.75) is 13.2 Å². The Kier molecular flexibility index (Phi) is 6.46. The fourth-order valence-electron chi connectivity index (χ4n) is 2.28. The van der Waals surface area contributed by atoms with Crippen molar-refractivity contribution in [3.05, 3.63) is 82.7 Å². The molecule has 0 aliphatic heterocycles. The number of halogens is 1. The minimum Gasteiger partial charge on any atom is -0.484 e. The molecule has 0 aliphatic rings. The second-order valence-corrected chi connectivity index (χ2v) is 6.48. The van der Waals surface area contributed by atoms with Gasteiger partial charge < -0.3 is 19.2 Å². The third-order valence-corrected chi connectivity index (χ3v) is 4.02. The third-order valence-electron chi connectivity index (χ3n) is 3.49. The lowest BCUT2D eigenvalue weighted by atomic mass is 10.2. The zero-order chi connectivity index (χ0) is 18.2. The van der Waals surface area contributed by atoms with Crippen LogP contribution in [0, 0.1) is 0 Å². The molecule has 1 aromatic heterocycles. The highest BCUT2D eigenvalue weighted by atomic mass is 79.9. The quantitative estimate of drug-likeness (QED) is 0.575. The van der Waals surface area contributed by atoms with Gasteiger partial charge in [0.05, 0.1) is 12.9 Å². The number of ether oxygens (including phenoxy) is 2. The average Bonchev–Trinajstić information content (AvgIpc) is 3.15. The van der Waals surface area contributed by atoms with Gasteiger partial charge in [-0.1, -0.05) is 28.1 Å². The van der Waals surface area contributed by atoms with E-state index in [4.69, 9.17) is 13.9 Å². The molecule has 134 valence electrons. The number of hydrogen-bond acceptors (Lipinski definition) is 4. The molecule has 0 saturated heterocycles. The first-order valence-corrected chi connectivity index (χ1v) is 8.85. The van der Waals surface area contributed by atoms with E-state index in [1.165, 1.54) is 0 Å². The Labute approximate surface area is 160 Å². The molecule has 1 N–H and O–H groups in total. The second-order valence-electron chi connectivity index (χ2n) is 5.56. The second kappa shape index (κ2) is 9.22. The highest BCUT2D eigenvalue weighted by Crippen LogP contribution is 2.16. The SMILES string of the molecule is O=C(COc1ccc(Br)cc1)Nc1cccc(COCc2ccco2)c1. The standard InChI is InChI=1S/C20H18BrNO4/c21-16-6-8-18(9-7-16)26-14-20(23)22-17-4-1-3-15(11-17)12-24-13-19-5-2-10-25-19/h1-11H,12-14H2,(H,22,23). The lowest BCUT2D eigenvalue weighted by Crippen LogP contribution is -2.20. The number of anilines is 1. The van der Waals surface area contributed by atoms with Crippen molar-refractivity contribution in [3.8, 4) is 5.75 Å². The van der Waals surface area contributed by atoms with E-state index in [1.807, 2.05) is 48.5 Å². The summed E-state index contributed by atoms with van der Waals surface area (Å²) >= 11 is 3.36. The monoisotopic (exact) mass is 415 g/mol. The van der Waals surface area contributed by atoms with Crippen LogP contribution in [0.2, 0.25) is 0 Å². The minimum atomic E-state index is -0.221. The molecule has 0 saturated carbocycles. The Balaban J connectivity index is 1.46. The first-order valence-electron chi connectivity index (χ1n) is 8.06. The van der Waals surface area contributed by atoms with E-state index in [9.17, 15) is 4.79 Å². The van der Waals surface area contributed by atoms with E-state index in [-0.39, 0.29) is 12.5 Å². The molecule has 26 heavy (non-hydrogen) atoms. The number of carbonyl (C=O) groups excluding carboxylic acids is 1. The zero-order valence-electron chi connectivity index (χ0n) is 14.0. The molecule has 0 fully saturated rings. The summed E-state index contributed by atoms with van der Waals surface area (Å²) in [5.74, 6) is 1.20. The number of benzene rings is 2. The van der Waals surface area contributed by atoms with Crippen LogP contribution >= 0.6 is 15.9 Å². The number of amides is 1. The topological polar surface area (TPSA) is 60.7 Å². The zero-order valence-corrected chi connectivity index (χ0v) is 15.6. The van der Waals surface area contributed by atoms with Crippen LogP contribution in [0.3, 0.4) is 0 Å². The summed E-state index contributed by atoms with van der Waals surface area (Å²) < 4.78 is 17.2. The number of hydrogen-bond donors (Lipinski definition) is 1. The normalized spacial score (nSPS) is 10.5. The highest BCUT2D eigenvalue weighted by molar-refractivity contribution is 9.10. The van der Waals surface area contributed by atoms with Crippen molar-refractivity contribution in [2.75, 3.05) is 11.9 Å². The van der Waals surface area contributed by atoms with Gasteiger partial charge in [-0.05, 0) is 54.1 Å². The smallest absolute Gasteiger partial charge is 0.262 e. The molecule has 6 heteroatoms. The summed E-state index contributed by atoms with van der Waals surface area (Å²) in [6, 6.07) is 18.5. The van der Waals surface area contributed by atoms with E-state index in [2.05, 4.69) is 21.2 Å². The van der Waals surface area contributed by atoms with Crippen LogP contribution in [0.5, 0.6) is 5.75 Å². The van der Waals surface area contributed by atoms with Crippen LogP contribution in [0.15, 0.2) is 75.8 Å². The Morgan fingerprint density at radius 1 is 1.04 bits per heavy atom. The summed E-state index contributed by atoms with van der Waals surface area (Å²) in [7, 11) is 0. The molecule has 3 aromatic rings. The summed E-state index contributed by atoms with van der Waals surface area (Å²) in [4.78, 5) is 12.0. The van der Waals surface area contributed by atoms with Crippen molar-refractivity contribution in [1.29, 1.82) is 0 Å². The largest absolute Gasteiger partial charge is 0.484 e. The Hall–Kier alpha value is -2.57. The molecular formula is C20H18BrNO4. The van der Waals surface area contributed by atoms with E-state index in [0.29, 0.717) is 24.7 Å². The van der Waals surface area contributed by atoms with Crippen LogP contribution < -0.4 is 10.1 Å². The van der Waals surface area contributed by atoms with Crippen LogP contribution in [0.25, 0.3) is 0 Å². The summed E-state index contributed by atoms with van der Waals surface area (Å²) in [6.45, 7) is 0.783. The molecule has 0 bridgehead atoms. The maximum atomic E-state index is 12.0. The van der Waals surface area contributed by atoms with Gasteiger partial charge in [0.1, 0.15) is 18.1 Å². The molecule has 0 spiro atoms. The molecule has 0 aliphatic carbocycles. The van der Waals surface area contributed by atoms with E-state index < -0.39 is 0 Å². The van der Waals surface area contributed by atoms with Crippen molar-refractivity contribution in [1.82, 2.24) is 0 Å². The fourth-order valence-corrected chi connectivity index (χ4v) is 2.54. The van der Waals surface area contributed by atoms with E-state index in [0.717, 1.165) is 15.8 Å². The predicted octanol–water partition coefficient (Wildman–Crippen LogP) is 4.78. The molecule has 0 atom stereocenters. The maximum absolute atomic E-state index is 12.0. The highest BCUT2D eigenvalue weighted by Gasteiger charge is 2.05. The van der Waals surface area contributed by atoms with Gasteiger partial charge in [-0.25, -0.2) is 0 Å². The first-order chi connectivity index (χ1) is 12.7. The van der Waals surface area contributed by atoms with Gasteiger partial charge in [-0.15, -0.1) is 0 Å². The van der Waals surface area contributed by atoms with Gasteiger partial charge in [0, 0.05) is 10.2 Å². The molecule has 5 nitrogen and oxygen atoms in total. The minimum absolute atomic E-state index is 0.0547. The van der Waals surface area contributed by atoms with Crippen molar-refractivity contribution in [3.63, 3.8) is 0 Å². The average molecular weight is 416 g/mol. The number of rotatable bonds is 8. The predicted molar refractivity (Wildman–Crippen MR) is 102 cm³/mol. The third kappa shape index (κ3) is 5.75. The van der Waals surface area contributed by atoms with Crippen LogP contribution in [0.4, 0.5) is 5.69 Å². The number of furan rings is 1. The van der Waals surface area contributed by atoms with Gasteiger partial charge in [0.2, 0.25) is 0 Å². The molecule has 2 aromatic carbocycles. The fraction of sp³-hybridized carbons (Fsp3) is 0.150. The molecular weight excluding hydrogens is 398 g/mol. The maximum Gasteiger partial charge on any atom is 0.262 e. The Bertz CT molecular complexity index is 831. The molecule has 1 heterocycles. The van der Waals surface area contributed by atoms with Gasteiger partial charge in [0.25, 0.3) is 5.91 Å². The Morgan fingerprint density at radius 2 is 1.88 bits per heavy atom. The van der Waals surface area contributed by atoms with Gasteiger partial charge in [0.15, 0.2) is 6.61 Å². The first kappa shape index (κ1) is 18.2. The molecule has 3 rings (SSSR count). The molecule has 0 radical (unpaired) electrons. The van der Waals surface area contributed by atoms with Crippen molar-refractivity contribution >= 4 is 27.5 Å². The van der Waals surface area contributed by atoms with E-state index >= 15 is 0 Å². The lowest BCUT2D eigenvalue weighted by Gasteiger charge is -2.09. The Morgan fingerprint density at radius 3 is 2.65 bits per heavy atom. The summed E-state index contributed by atoms with van der Waals surface area (Å²) in [6.07, 6.45) is 1.62. The number of carbonyl (C=O) groups is 1. The van der Waals surface area contributed by atoms with Crippen molar-refractivity contribution < 1.29 is 18.7 Å². The van der Waals surface area contributed by atoms with Crippen LogP contribution in [0.1, 0.15) is 11.3 Å². The number of nitrogens with one attached hydrogen (secondary N) is 1. The van der Waals surface area contributed by atoms with Gasteiger partial charge in [-0.3, -0.25) is 4.79 Å². The lowest BCUT2D eigenvalue weighted by molar-refractivity contribution is -0.118. The van der Waals surface area contributed by atoms with Crippen molar-refractivity contribution in [2.24, 2.45) is 0 Å². The van der Waals surface area contributed by atoms with Gasteiger partial charge >= 0.3 is 0 Å².